The third kappa shape index (κ3) is 3.93. The Morgan fingerprint density at radius 3 is 2.87 bits per heavy atom. The van der Waals surface area contributed by atoms with Crippen molar-refractivity contribution in [3.05, 3.63) is 52.8 Å². The van der Waals surface area contributed by atoms with Crippen LogP contribution in [0.5, 0.6) is 5.75 Å². The molecule has 3 heterocycles. The van der Waals surface area contributed by atoms with Crippen LogP contribution >= 0.6 is 11.6 Å². The van der Waals surface area contributed by atoms with Gasteiger partial charge in [0.15, 0.2) is 5.65 Å². The molecule has 158 valence electrons. The highest BCUT2D eigenvalue weighted by Crippen LogP contribution is 2.29. The predicted octanol–water partition coefficient (Wildman–Crippen LogP) is 5.07. The molecule has 1 fully saturated rings. The summed E-state index contributed by atoms with van der Waals surface area (Å²) in [6.45, 7) is 4.51. The van der Waals surface area contributed by atoms with Crippen molar-refractivity contribution in [3.63, 3.8) is 0 Å². The van der Waals surface area contributed by atoms with Gasteiger partial charge in [0.2, 0.25) is 5.82 Å². The van der Waals surface area contributed by atoms with Gasteiger partial charge in [-0.25, -0.2) is 4.98 Å². The lowest BCUT2D eigenvalue weighted by atomic mass is 10.1. The van der Waals surface area contributed by atoms with E-state index in [1.807, 2.05) is 54.9 Å². The first kappa shape index (κ1) is 19.8. The van der Waals surface area contributed by atoms with Crippen LogP contribution in [0.15, 0.2) is 41.2 Å². The van der Waals surface area contributed by atoms with Gasteiger partial charge in [0, 0.05) is 36.7 Å². The van der Waals surface area contributed by atoms with Gasteiger partial charge in [-0.05, 0) is 55.7 Å². The van der Waals surface area contributed by atoms with Crippen LogP contribution in [0, 0.1) is 19.8 Å². The Morgan fingerprint density at radius 1 is 1.23 bits per heavy atom. The van der Waals surface area contributed by atoms with E-state index in [1.54, 1.807) is 0 Å². The number of rotatable bonds is 5. The van der Waals surface area contributed by atoms with Gasteiger partial charge in [0.25, 0.3) is 5.89 Å². The van der Waals surface area contributed by atoms with Crippen LogP contribution in [-0.4, -0.2) is 31.9 Å². The van der Waals surface area contributed by atoms with Gasteiger partial charge >= 0.3 is 0 Å². The van der Waals surface area contributed by atoms with Crippen LogP contribution in [-0.2, 0) is 4.79 Å². The molecular weight excluding hydrogens is 416 g/mol. The van der Waals surface area contributed by atoms with E-state index in [-0.39, 0.29) is 0 Å². The molecule has 0 amide bonds. The van der Waals surface area contributed by atoms with Crippen molar-refractivity contribution in [2.75, 3.05) is 6.61 Å². The number of pyridine rings is 1. The third-order valence-electron chi connectivity index (χ3n) is 5.54. The first-order valence-electron chi connectivity index (χ1n) is 10.2. The summed E-state index contributed by atoms with van der Waals surface area (Å²) in [4.78, 5) is 20.5. The van der Waals surface area contributed by atoms with Crippen molar-refractivity contribution >= 4 is 23.0 Å². The molecule has 31 heavy (non-hydrogen) atoms. The second kappa shape index (κ2) is 7.81. The Balaban J connectivity index is 1.35. The SMILES string of the molecule is Cc1cc(Cl)c2nc(-c3noc(-c4ccc(OC[C@@H]5CCC(=O)C5)c(C)c4)n3)cn2c1. The van der Waals surface area contributed by atoms with Crippen LogP contribution in [0.3, 0.4) is 0 Å². The second-order valence-electron chi connectivity index (χ2n) is 8.08. The van der Waals surface area contributed by atoms with Gasteiger partial charge < -0.3 is 13.7 Å². The number of halogens is 1. The van der Waals surface area contributed by atoms with Crippen LogP contribution in [0.25, 0.3) is 28.6 Å². The maximum absolute atomic E-state index is 11.4. The number of ether oxygens (including phenoxy) is 1. The molecule has 5 rings (SSSR count). The summed E-state index contributed by atoms with van der Waals surface area (Å²) >= 11 is 6.29. The molecule has 1 atom stereocenters. The van der Waals surface area contributed by atoms with Gasteiger partial charge in [-0.15, -0.1) is 0 Å². The molecule has 1 aromatic carbocycles. The van der Waals surface area contributed by atoms with E-state index >= 15 is 0 Å². The Bertz CT molecular complexity index is 1290. The van der Waals surface area contributed by atoms with Crippen molar-refractivity contribution in [2.24, 2.45) is 5.92 Å². The van der Waals surface area contributed by atoms with E-state index in [4.69, 9.17) is 20.9 Å². The molecule has 1 aliphatic rings. The number of carbonyl (C=O) groups is 1. The zero-order valence-electron chi connectivity index (χ0n) is 17.3. The molecule has 3 aromatic heterocycles. The number of hydrogen-bond acceptors (Lipinski definition) is 6. The highest BCUT2D eigenvalue weighted by atomic mass is 35.5. The van der Waals surface area contributed by atoms with E-state index < -0.39 is 0 Å². The minimum absolute atomic E-state index is 0.313. The molecule has 1 aliphatic carbocycles. The second-order valence-corrected chi connectivity index (χ2v) is 8.49. The fourth-order valence-corrected chi connectivity index (χ4v) is 4.24. The summed E-state index contributed by atoms with van der Waals surface area (Å²) in [5, 5.41) is 4.66. The molecule has 1 saturated carbocycles. The van der Waals surface area contributed by atoms with Crippen LogP contribution in [0.4, 0.5) is 0 Å². The summed E-state index contributed by atoms with van der Waals surface area (Å²) < 4.78 is 13.3. The van der Waals surface area contributed by atoms with E-state index in [0.717, 1.165) is 28.9 Å². The van der Waals surface area contributed by atoms with Crippen molar-refractivity contribution < 1.29 is 14.1 Å². The highest BCUT2D eigenvalue weighted by molar-refractivity contribution is 6.33. The van der Waals surface area contributed by atoms with Gasteiger partial charge in [-0.3, -0.25) is 4.79 Å². The van der Waals surface area contributed by atoms with Gasteiger partial charge in [-0.1, -0.05) is 16.8 Å². The summed E-state index contributed by atoms with van der Waals surface area (Å²) in [6, 6.07) is 7.62. The van der Waals surface area contributed by atoms with Gasteiger partial charge in [0.05, 0.1) is 11.6 Å². The van der Waals surface area contributed by atoms with Crippen LogP contribution < -0.4 is 4.74 Å². The molecule has 0 saturated heterocycles. The third-order valence-corrected chi connectivity index (χ3v) is 5.82. The molecule has 0 aliphatic heterocycles. The maximum atomic E-state index is 11.4. The number of fused-ring (bicyclic) bond motifs is 1. The molecule has 7 nitrogen and oxygen atoms in total. The predicted molar refractivity (Wildman–Crippen MR) is 116 cm³/mol. The Hall–Kier alpha value is -3.19. The summed E-state index contributed by atoms with van der Waals surface area (Å²) in [5.41, 5.74) is 4.04. The quantitative estimate of drug-likeness (QED) is 0.434. The molecule has 4 aromatic rings. The number of carbonyl (C=O) groups excluding carboxylic acids is 1. The van der Waals surface area contributed by atoms with E-state index in [2.05, 4.69) is 15.1 Å². The largest absolute Gasteiger partial charge is 0.493 e. The van der Waals surface area contributed by atoms with E-state index in [0.29, 0.717) is 59.2 Å². The summed E-state index contributed by atoms with van der Waals surface area (Å²) in [7, 11) is 0. The Labute approximate surface area is 184 Å². The number of hydrogen-bond donors (Lipinski definition) is 0. The highest BCUT2D eigenvalue weighted by Gasteiger charge is 2.23. The van der Waals surface area contributed by atoms with Crippen molar-refractivity contribution in [1.82, 2.24) is 19.5 Å². The zero-order valence-corrected chi connectivity index (χ0v) is 18.0. The van der Waals surface area contributed by atoms with Crippen molar-refractivity contribution in [2.45, 2.75) is 33.1 Å². The Morgan fingerprint density at radius 2 is 2.10 bits per heavy atom. The average molecular weight is 437 g/mol. The molecule has 0 spiro atoms. The summed E-state index contributed by atoms with van der Waals surface area (Å²) in [6.07, 6.45) is 5.98. The number of Topliss-reactive ketones (excluding diaryl/α,β-unsaturated/α-hetero) is 1. The first-order chi connectivity index (χ1) is 15.0. The average Bonchev–Trinajstić information content (AvgIpc) is 3.46. The molecule has 0 unspecified atom stereocenters. The summed E-state index contributed by atoms with van der Waals surface area (Å²) in [5.74, 6) is 2.25. The number of aromatic nitrogens is 4. The minimum atomic E-state index is 0.313. The standard InChI is InChI=1S/C23H21ClN4O3/c1-13-7-18(24)22-25-19(11-28(22)10-13)21-26-23(31-27-21)16-4-6-20(14(2)8-16)30-12-15-3-5-17(29)9-15/h4,6-8,10-11,15H,3,5,9,12H2,1-2H3/t15-/m1/s1. The van der Waals surface area contributed by atoms with Crippen LogP contribution in [0.2, 0.25) is 5.02 Å². The molecule has 0 radical (unpaired) electrons. The lowest BCUT2D eigenvalue weighted by Gasteiger charge is -2.13. The van der Waals surface area contributed by atoms with Crippen LogP contribution in [0.1, 0.15) is 30.4 Å². The number of aryl methyl sites for hydroxylation is 2. The first-order valence-corrected chi connectivity index (χ1v) is 10.6. The zero-order chi connectivity index (χ0) is 21.5. The molecule has 0 bridgehead atoms. The monoisotopic (exact) mass is 436 g/mol. The Kier molecular flexibility index (Phi) is 4.98. The van der Waals surface area contributed by atoms with Gasteiger partial charge in [0.1, 0.15) is 17.2 Å². The maximum Gasteiger partial charge on any atom is 0.258 e. The molecule has 0 N–H and O–H groups in total. The van der Waals surface area contributed by atoms with Crippen molar-refractivity contribution in [1.29, 1.82) is 0 Å². The molecule has 8 heteroatoms. The fourth-order valence-electron chi connectivity index (χ4n) is 3.93. The smallest absolute Gasteiger partial charge is 0.258 e. The normalized spacial score (nSPS) is 16.4. The topological polar surface area (TPSA) is 82.5 Å². The number of imidazole rings is 1. The fraction of sp³-hybridized carbons (Fsp3) is 0.304. The number of nitrogens with zero attached hydrogens (tertiary/aromatic N) is 4. The lowest BCUT2D eigenvalue weighted by molar-refractivity contribution is -0.117. The van der Waals surface area contributed by atoms with Crippen molar-refractivity contribution in [3.8, 4) is 28.7 Å². The lowest BCUT2D eigenvalue weighted by Crippen LogP contribution is -2.09. The van der Waals surface area contributed by atoms with E-state index in [1.165, 1.54) is 0 Å². The molecular formula is C23H21ClN4O3. The van der Waals surface area contributed by atoms with E-state index in [9.17, 15) is 4.79 Å². The number of ketones is 1. The minimum Gasteiger partial charge on any atom is -0.493 e. The van der Waals surface area contributed by atoms with Gasteiger partial charge in [-0.2, -0.15) is 4.98 Å². The number of benzene rings is 1.